The number of alkyl halides is 3. The Bertz CT molecular complexity index is 603. The third kappa shape index (κ3) is 7.70. The number of aromatic nitrogens is 1. The van der Waals surface area contributed by atoms with E-state index in [4.69, 9.17) is 4.74 Å². The average molecular weight is 521 g/mol. The van der Waals surface area contributed by atoms with E-state index in [0.29, 0.717) is 24.1 Å². The van der Waals surface area contributed by atoms with Crippen molar-refractivity contribution in [3.63, 3.8) is 0 Å². The number of hydrogen-bond acceptors (Lipinski definition) is 5. The molecule has 11 heteroatoms. The minimum atomic E-state index is -4.41. The van der Waals surface area contributed by atoms with Gasteiger partial charge in [-0.3, -0.25) is 4.90 Å². The van der Waals surface area contributed by atoms with Crippen LogP contribution in [0, 0.1) is 0 Å². The van der Waals surface area contributed by atoms with Gasteiger partial charge in [0.05, 0.1) is 19.8 Å². The van der Waals surface area contributed by atoms with Crippen LogP contribution >= 0.6 is 35.3 Å². The quantitative estimate of drug-likeness (QED) is 0.343. The van der Waals surface area contributed by atoms with Crippen molar-refractivity contribution in [1.29, 1.82) is 0 Å². The van der Waals surface area contributed by atoms with Crippen molar-refractivity contribution in [2.75, 3.05) is 39.4 Å². The van der Waals surface area contributed by atoms with Gasteiger partial charge < -0.3 is 15.4 Å². The molecule has 0 atom stereocenters. The number of nitrogens with one attached hydrogen (secondary N) is 2. The number of hydrogen-bond donors (Lipinski definition) is 2. The Morgan fingerprint density at radius 1 is 1.30 bits per heavy atom. The van der Waals surface area contributed by atoms with Gasteiger partial charge in [-0.1, -0.05) is 0 Å². The molecule has 0 unspecified atom stereocenters. The fourth-order valence-corrected chi connectivity index (χ4v) is 3.31. The highest BCUT2D eigenvalue weighted by atomic mass is 127. The molecule has 1 aromatic heterocycles. The van der Waals surface area contributed by atoms with Crippen molar-refractivity contribution in [2.45, 2.75) is 39.0 Å². The molecule has 0 amide bonds. The molecule has 0 aliphatic carbocycles. The minimum Gasteiger partial charge on any atom is -0.379 e. The summed E-state index contributed by atoms with van der Waals surface area (Å²) in [5.41, 5.74) is -0.955. The molecule has 0 bridgehead atoms. The Morgan fingerprint density at radius 2 is 1.96 bits per heavy atom. The third-order valence-corrected chi connectivity index (χ3v) is 4.95. The zero-order valence-corrected chi connectivity index (χ0v) is 18.9. The Labute approximate surface area is 179 Å². The summed E-state index contributed by atoms with van der Waals surface area (Å²) in [6.45, 7) is 10.9. The van der Waals surface area contributed by atoms with Crippen molar-refractivity contribution in [3.05, 3.63) is 16.1 Å². The molecule has 0 radical (unpaired) electrons. The van der Waals surface area contributed by atoms with E-state index in [1.807, 2.05) is 6.92 Å². The van der Waals surface area contributed by atoms with Crippen molar-refractivity contribution in [3.8, 4) is 0 Å². The summed E-state index contributed by atoms with van der Waals surface area (Å²) in [4.78, 5) is 10.3. The summed E-state index contributed by atoms with van der Waals surface area (Å²) < 4.78 is 43.2. The van der Waals surface area contributed by atoms with Crippen LogP contribution in [0.2, 0.25) is 0 Å². The van der Waals surface area contributed by atoms with Gasteiger partial charge in [-0.2, -0.15) is 13.2 Å². The van der Waals surface area contributed by atoms with Crippen molar-refractivity contribution in [2.24, 2.45) is 4.99 Å². The summed E-state index contributed by atoms with van der Waals surface area (Å²) in [5, 5.41) is 7.75. The number of thiazole rings is 1. The van der Waals surface area contributed by atoms with Gasteiger partial charge in [0.15, 0.2) is 11.7 Å². The lowest BCUT2D eigenvalue weighted by molar-refractivity contribution is -0.140. The molecule has 2 N–H and O–H groups in total. The summed E-state index contributed by atoms with van der Waals surface area (Å²) in [7, 11) is 0. The molecule has 6 nitrogen and oxygen atoms in total. The summed E-state index contributed by atoms with van der Waals surface area (Å²) in [5.74, 6) is 0.567. The maximum Gasteiger partial charge on any atom is 0.434 e. The molecule has 0 aromatic carbocycles. The van der Waals surface area contributed by atoms with Crippen molar-refractivity contribution in [1.82, 2.24) is 20.5 Å². The van der Waals surface area contributed by atoms with Gasteiger partial charge in [-0.25, -0.2) is 9.98 Å². The third-order valence-electron chi connectivity index (χ3n) is 4.11. The number of guanidine groups is 1. The molecule has 2 rings (SSSR count). The predicted molar refractivity (Wildman–Crippen MR) is 112 cm³/mol. The lowest BCUT2D eigenvalue weighted by Crippen LogP contribution is -2.56. The fraction of sp³-hybridized carbons (Fsp3) is 0.750. The molecule has 156 valence electrons. The van der Waals surface area contributed by atoms with Gasteiger partial charge in [0.25, 0.3) is 0 Å². The molecule has 0 saturated carbocycles. The Balaban J connectivity index is 0.00000364. The lowest BCUT2D eigenvalue weighted by Gasteiger charge is -2.41. The first-order valence-electron chi connectivity index (χ1n) is 8.59. The normalized spacial score (nSPS) is 16.7. The summed E-state index contributed by atoms with van der Waals surface area (Å²) >= 11 is 0.967. The maximum absolute atomic E-state index is 12.6. The number of rotatable bonds is 6. The second kappa shape index (κ2) is 10.8. The van der Waals surface area contributed by atoms with E-state index < -0.39 is 11.9 Å². The zero-order chi connectivity index (χ0) is 19.2. The first-order chi connectivity index (χ1) is 12.2. The van der Waals surface area contributed by atoms with Gasteiger partial charge in [0.1, 0.15) is 5.01 Å². The highest BCUT2D eigenvalue weighted by Gasteiger charge is 2.33. The van der Waals surface area contributed by atoms with Crippen LogP contribution in [0.25, 0.3) is 0 Å². The van der Waals surface area contributed by atoms with Crippen LogP contribution in [-0.2, 0) is 17.5 Å². The van der Waals surface area contributed by atoms with Gasteiger partial charge in [-0.05, 0) is 20.8 Å². The van der Waals surface area contributed by atoms with Crippen molar-refractivity contribution >= 4 is 41.3 Å². The van der Waals surface area contributed by atoms with Crippen LogP contribution in [0.5, 0.6) is 0 Å². The molecule has 1 aromatic rings. The van der Waals surface area contributed by atoms with E-state index in [0.717, 1.165) is 43.0 Å². The first-order valence-corrected chi connectivity index (χ1v) is 9.47. The summed E-state index contributed by atoms with van der Waals surface area (Å²) in [6.07, 6.45) is -4.41. The predicted octanol–water partition coefficient (Wildman–Crippen LogP) is 2.95. The van der Waals surface area contributed by atoms with Crippen molar-refractivity contribution < 1.29 is 17.9 Å². The maximum atomic E-state index is 12.6. The zero-order valence-electron chi connectivity index (χ0n) is 15.7. The molecule has 27 heavy (non-hydrogen) atoms. The van der Waals surface area contributed by atoms with Crippen LogP contribution in [0.3, 0.4) is 0 Å². The molecule has 1 saturated heterocycles. The van der Waals surface area contributed by atoms with Gasteiger partial charge in [0.2, 0.25) is 0 Å². The Hall–Kier alpha value is -0.660. The second-order valence-electron chi connectivity index (χ2n) is 6.58. The topological polar surface area (TPSA) is 61.8 Å². The number of aliphatic imine (C=N–C) groups is 1. The monoisotopic (exact) mass is 521 g/mol. The molecule has 1 fully saturated rings. The highest BCUT2D eigenvalue weighted by molar-refractivity contribution is 14.0. The molecule has 1 aliphatic heterocycles. The van der Waals surface area contributed by atoms with Crippen LogP contribution < -0.4 is 10.6 Å². The molecule has 2 heterocycles. The largest absolute Gasteiger partial charge is 0.434 e. The molecule has 0 spiro atoms. The lowest BCUT2D eigenvalue weighted by atomic mass is 10.0. The SMILES string of the molecule is CCNC(=NCc1nc(C(F)(F)F)cs1)NCC(C)(C)N1CCOCC1.I. The van der Waals surface area contributed by atoms with E-state index in [9.17, 15) is 13.2 Å². The van der Waals surface area contributed by atoms with Crippen LogP contribution in [0.15, 0.2) is 10.4 Å². The number of nitrogens with zero attached hydrogens (tertiary/aromatic N) is 3. The van der Waals surface area contributed by atoms with Crippen LogP contribution in [-0.4, -0.2) is 60.8 Å². The van der Waals surface area contributed by atoms with Gasteiger partial charge >= 0.3 is 6.18 Å². The van der Waals surface area contributed by atoms with E-state index >= 15 is 0 Å². The first kappa shape index (κ1) is 24.4. The minimum absolute atomic E-state index is 0. The van der Waals surface area contributed by atoms with Crippen LogP contribution in [0.4, 0.5) is 13.2 Å². The van der Waals surface area contributed by atoms with E-state index in [1.165, 1.54) is 0 Å². The van der Waals surface area contributed by atoms with Gasteiger partial charge in [0, 0.05) is 37.1 Å². The molecule has 1 aliphatic rings. The van der Waals surface area contributed by atoms with Gasteiger partial charge in [-0.15, -0.1) is 35.3 Å². The number of morpholine rings is 1. The number of ether oxygens (including phenoxy) is 1. The standard InChI is InChI=1S/C16H26F3N5OS.HI/c1-4-20-14(21-9-13-23-12(10-26-13)16(17,18)19)22-11-15(2,3)24-5-7-25-8-6-24;/h10H,4-9,11H2,1-3H3,(H2,20,21,22);1H. The van der Waals surface area contributed by atoms with Crippen LogP contribution in [0.1, 0.15) is 31.5 Å². The molecular weight excluding hydrogens is 494 g/mol. The summed E-state index contributed by atoms with van der Waals surface area (Å²) in [6, 6.07) is 0. The Kier molecular flexibility index (Phi) is 9.72. The highest BCUT2D eigenvalue weighted by Crippen LogP contribution is 2.30. The van der Waals surface area contributed by atoms with E-state index in [1.54, 1.807) is 0 Å². The fourth-order valence-electron chi connectivity index (χ4n) is 2.58. The second-order valence-corrected chi connectivity index (χ2v) is 7.53. The number of halogens is 4. The van der Waals surface area contributed by atoms with E-state index in [2.05, 4.69) is 39.4 Å². The Morgan fingerprint density at radius 3 is 2.52 bits per heavy atom. The van der Waals surface area contributed by atoms with E-state index in [-0.39, 0.29) is 36.1 Å². The average Bonchev–Trinajstić information content (AvgIpc) is 3.07. The smallest absolute Gasteiger partial charge is 0.379 e. The molecular formula is C16H27F3IN5OS.